The molecule has 0 saturated carbocycles. The highest BCUT2D eigenvalue weighted by atomic mass is 16.5. The van der Waals surface area contributed by atoms with E-state index in [0.717, 1.165) is 16.7 Å². The van der Waals surface area contributed by atoms with Gasteiger partial charge in [0, 0.05) is 16.5 Å². The third-order valence-corrected chi connectivity index (χ3v) is 4.27. The Bertz CT molecular complexity index is 1040. The van der Waals surface area contributed by atoms with Crippen molar-refractivity contribution in [2.24, 2.45) is 0 Å². The smallest absolute Gasteiger partial charge is 0.252 e. The molecular weight excluding hydrogens is 366 g/mol. The Kier molecular flexibility index (Phi) is 5.82. The molecule has 2 aromatic carbocycles. The fourth-order valence-corrected chi connectivity index (χ4v) is 2.99. The largest absolute Gasteiger partial charge is 0.497 e. The number of para-hydroxylation sites is 1. The average Bonchev–Trinajstić information content (AvgIpc) is 2.70. The maximum absolute atomic E-state index is 12.9. The van der Waals surface area contributed by atoms with Crippen molar-refractivity contribution in [2.75, 3.05) is 13.7 Å². The Morgan fingerprint density at radius 2 is 1.72 bits per heavy atom. The molecule has 29 heavy (non-hydrogen) atoms. The Hall–Kier alpha value is -3.41. The lowest BCUT2D eigenvalue weighted by Gasteiger charge is -2.20. The van der Waals surface area contributed by atoms with Gasteiger partial charge < -0.3 is 15.4 Å². The summed E-state index contributed by atoms with van der Waals surface area (Å²) in [6, 6.07) is 16.7. The number of ether oxygens (including phenoxy) is 1. The fraction of sp³-hybridized carbons (Fsp3) is 0.261. The van der Waals surface area contributed by atoms with Gasteiger partial charge in [0.05, 0.1) is 30.4 Å². The number of pyridine rings is 1. The number of benzene rings is 2. The van der Waals surface area contributed by atoms with Crippen LogP contribution in [0.3, 0.4) is 0 Å². The summed E-state index contributed by atoms with van der Waals surface area (Å²) < 4.78 is 5.20. The van der Waals surface area contributed by atoms with Gasteiger partial charge >= 0.3 is 0 Å². The number of aromatic nitrogens is 1. The molecule has 0 radical (unpaired) electrons. The summed E-state index contributed by atoms with van der Waals surface area (Å²) in [5.74, 6) is 0.194. The first-order valence-corrected chi connectivity index (χ1v) is 9.40. The number of hydrogen-bond donors (Lipinski definition) is 2. The molecule has 0 unspecified atom stereocenters. The zero-order valence-electron chi connectivity index (χ0n) is 17.1. The third kappa shape index (κ3) is 5.10. The number of rotatable bonds is 5. The van der Waals surface area contributed by atoms with Gasteiger partial charge in [-0.1, -0.05) is 18.2 Å². The lowest BCUT2D eigenvalue weighted by molar-refractivity contribution is -0.121. The van der Waals surface area contributed by atoms with Crippen molar-refractivity contribution in [1.29, 1.82) is 0 Å². The van der Waals surface area contributed by atoms with E-state index in [-0.39, 0.29) is 23.9 Å². The predicted molar refractivity (Wildman–Crippen MR) is 114 cm³/mol. The third-order valence-electron chi connectivity index (χ3n) is 4.27. The van der Waals surface area contributed by atoms with E-state index in [1.165, 1.54) is 0 Å². The maximum Gasteiger partial charge on any atom is 0.252 e. The van der Waals surface area contributed by atoms with E-state index in [2.05, 4.69) is 15.6 Å². The van der Waals surface area contributed by atoms with Crippen LogP contribution in [0, 0.1) is 0 Å². The van der Waals surface area contributed by atoms with Gasteiger partial charge in [-0.05, 0) is 57.2 Å². The highest BCUT2D eigenvalue weighted by Crippen LogP contribution is 2.26. The van der Waals surface area contributed by atoms with Crippen LogP contribution in [0.2, 0.25) is 0 Å². The molecule has 6 heteroatoms. The highest BCUT2D eigenvalue weighted by Gasteiger charge is 2.17. The molecule has 0 aliphatic heterocycles. The Labute approximate surface area is 170 Å². The van der Waals surface area contributed by atoms with Gasteiger partial charge in [0.2, 0.25) is 5.91 Å². The summed E-state index contributed by atoms with van der Waals surface area (Å²) in [6.45, 7) is 5.59. The number of nitrogens with one attached hydrogen (secondary N) is 2. The van der Waals surface area contributed by atoms with Crippen LogP contribution in [0.25, 0.3) is 22.2 Å². The monoisotopic (exact) mass is 391 g/mol. The van der Waals surface area contributed by atoms with E-state index in [1.807, 2.05) is 69.3 Å². The van der Waals surface area contributed by atoms with Gasteiger partial charge in [-0.15, -0.1) is 0 Å². The molecule has 2 N–H and O–H groups in total. The number of fused-ring (bicyclic) bond motifs is 1. The van der Waals surface area contributed by atoms with E-state index in [0.29, 0.717) is 16.8 Å². The van der Waals surface area contributed by atoms with Gasteiger partial charge in [-0.25, -0.2) is 4.98 Å². The summed E-state index contributed by atoms with van der Waals surface area (Å²) in [5.41, 5.74) is 2.38. The summed E-state index contributed by atoms with van der Waals surface area (Å²) in [6.07, 6.45) is 0. The minimum Gasteiger partial charge on any atom is -0.497 e. The number of methoxy groups -OCH3 is 1. The summed E-state index contributed by atoms with van der Waals surface area (Å²) >= 11 is 0. The summed E-state index contributed by atoms with van der Waals surface area (Å²) in [7, 11) is 1.61. The zero-order chi connectivity index (χ0) is 21.0. The van der Waals surface area contributed by atoms with Gasteiger partial charge in [0.15, 0.2) is 0 Å². The lowest BCUT2D eigenvalue weighted by atomic mass is 10.0. The van der Waals surface area contributed by atoms with Crippen LogP contribution < -0.4 is 15.4 Å². The summed E-state index contributed by atoms with van der Waals surface area (Å²) in [4.78, 5) is 29.6. The minimum absolute atomic E-state index is 0.0926. The topological polar surface area (TPSA) is 80.3 Å². The minimum atomic E-state index is -0.354. The van der Waals surface area contributed by atoms with Crippen molar-refractivity contribution in [3.8, 4) is 17.0 Å². The normalized spacial score (nSPS) is 11.2. The maximum atomic E-state index is 12.9. The van der Waals surface area contributed by atoms with Crippen LogP contribution in [-0.2, 0) is 4.79 Å². The van der Waals surface area contributed by atoms with Crippen molar-refractivity contribution >= 4 is 22.7 Å². The average molecular weight is 391 g/mol. The molecule has 0 fully saturated rings. The number of carbonyl (C=O) groups excluding carboxylic acids is 2. The second-order valence-corrected chi connectivity index (χ2v) is 7.78. The molecule has 0 spiro atoms. The highest BCUT2D eigenvalue weighted by molar-refractivity contribution is 6.08. The van der Waals surface area contributed by atoms with Crippen LogP contribution in [0.1, 0.15) is 31.1 Å². The number of amides is 2. The van der Waals surface area contributed by atoms with Crippen molar-refractivity contribution < 1.29 is 14.3 Å². The Balaban J connectivity index is 1.91. The Morgan fingerprint density at radius 3 is 2.38 bits per heavy atom. The molecule has 1 aromatic heterocycles. The Morgan fingerprint density at radius 1 is 1.03 bits per heavy atom. The molecule has 0 aliphatic carbocycles. The van der Waals surface area contributed by atoms with Crippen LogP contribution in [0.5, 0.6) is 5.75 Å². The van der Waals surface area contributed by atoms with Crippen LogP contribution >= 0.6 is 0 Å². The standard InChI is InChI=1S/C23H25N3O3/c1-23(2,3)26-21(27)14-24-22(28)18-13-20(15-9-11-16(29-4)12-10-15)25-19-8-6-5-7-17(18)19/h5-13H,14H2,1-4H3,(H,24,28)(H,26,27). The molecule has 3 aromatic rings. The molecule has 3 rings (SSSR count). The van der Waals surface area contributed by atoms with Crippen molar-refractivity contribution in [2.45, 2.75) is 26.3 Å². The van der Waals surface area contributed by atoms with Crippen molar-refractivity contribution in [1.82, 2.24) is 15.6 Å². The first kappa shape index (κ1) is 20.3. The zero-order valence-corrected chi connectivity index (χ0v) is 17.1. The molecule has 0 atom stereocenters. The van der Waals surface area contributed by atoms with E-state index in [4.69, 9.17) is 4.74 Å². The molecule has 150 valence electrons. The van der Waals surface area contributed by atoms with Crippen molar-refractivity contribution in [3.05, 3.63) is 60.2 Å². The molecule has 2 amide bonds. The molecule has 0 aliphatic rings. The summed E-state index contributed by atoms with van der Waals surface area (Å²) in [5, 5.41) is 6.28. The molecular formula is C23H25N3O3. The molecule has 0 saturated heterocycles. The molecule has 6 nitrogen and oxygen atoms in total. The second kappa shape index (κ2) is 8.31. The second-order valence-electron chi connectivity index (χ2n) is 7.78. The van der Waals surface area contributed by atoms with Gasteiger partial charge in [-0.3, -0.25) is 9.59 Å². The lowest BCUT2D eigenvalue weighted by Crippen LogP contribution is -2.45. The van der Waals surface area contributed by atoms with E-state index >= 15 is 0 Å². The number of carbonyl (C=O) groups is 2. The van der Waals surface area contributed by atoms with E-state index < -0.39 is 0 Å². The van der Waals surface area contributed by atoms with Crippen LogP contribution in [0.15, 0.2) is 54.6 Å². The number of hydrogen-bond acceptors (Lipinski definition) is 4. The van der Waals surface area contributed by atoms with Gasteiger partial charge in [0.1, 0.15) is 5.75 Å². The van der Waals surface area contributed by atoms with Crippen molar-refractivity contribution in [3.63, 3.8) is 0 Å². The SMILES string of the molecule is COc1ccc(-c2cc(C(=O)NCC(=O)NC(C)(C)C)c3ccccc3n2)cc1. The molecule has 0 bridgehead atoms. The predicted octanol–water partition coefficient (Wildman–Crippen LogP) is 3.55. The van der Waals surface area contributed by atoms with Gasteiger partial charge in [0.25, 0.3) is 5.91 Å². The van der Waals surface area contributed by atoms with E-state index in [1.54, 1.807) is 13.2 Å². The van der Waals surface area contributed by atoms with Gasteiger partial charge in [-0.2, -0.15) is 0 Å². The van der Waals surface area contributed by atoms with E-state index in [9.17, 15) is 9.59 Å². The van der Waals surface area contributed by atoms with Crippen LogP contribution in [0.4, 0.5) is 0 Å². The quantitative estimate of drug-likeness (QED) is 0.697. The first-order valence-electron chi connectivity index (χ1n) is 9.40. The fourth-order valence-electron chi connectivity index (χ4n) is 2.99. The first-order chi connectivity index (χ1) is 13.8. The number of nitrogens with zero attached hydrogens (tertiary/aromatic N) is 1. The molecule has 1 heterocycles. The van der Waals surface area contributed by atoms with Crippen LogP contribution in [-0.4, -0.2) is 36.0 Å².